The number of rotatable bonds is 3. The average Bonchev–Trinajstić information content (AvgIpc) is 2.83. The lowest BCUT2D eigenvalue weighted by atomic mass is 9.55. The standard InChI is InChI=1S/C27H28N4O3/c1-15-20-11-10-19-24(27(20,2)12-16(13-32)23(15)33)30-25(31-26(19)34-17-6-5-7-17)22-18-8-3-4-9-21(18)28-14-29-22/h3-4,8-9,13-15,17,20,32H,5-7,10-12H2,1-2H3/b16-13-/t15-,20-,27-/m1/s1. The summed E-state index contributed by atoms with van der Waals surface area (Å²) >= 11 is 0. The Morgan fingerprint density at radius 1 is 1.15 bits per heavy atom. The number of fused-ring (bicyclic) bond motifs is 4. The van der Waals surface area contributed by atoms with Gasteiger partial charge in [-0.1, -0.05) is 32.0 Å². The van der Waals surface area contributed by atoms with Gasteiger partial charge in [0.2, 0.25) is 5.88 Å². The zero-order chi connectivity index (χ0) is 23.4. The predicted octanol–water partition coefficient (Wildman–Crippen LogP) is 4.89. The largest absolute Gasteiger partial charge is 0.515 e. The van der Waals surface area contributed by atoms with Gasteiger partial charge in [-0.2, -0.15) is 4.98 Å². The lowest BCUT2D eigenvalue weighted by Crippen LogP contribution is -2.48. The van der Waals surface area contributed by atoms with E-state index in [9.17, 15) is 9.90 Å². The molecule has 3 atom stereocenters. The molecule has 0 radical (unpaired) electrons. The van der Waals surface area contributed by atoms with E-state index in [1.807, 2.05) is 31.2 Å². The van der Waals surface area contributed by atoms with Crippen LogP contribution < -0.4 is 4.74 Å². The van der Waals surface area contributed by atoms with E-state index in [-0.39, 0.29) is 23.7 Å². The first-order valence-electron chi connectivity index (χ1n) is 12.1. The number of carbonyl (C=O) groups is 1. The topological polar surface area (TPSA) is 98.1 Å². The first-order valence-corrected chi connectivity index (χ1v) is 12.1. The second-order valence-corrected chi connectivity index (χ2v) is 10.1. The number of Topliss-reactive ketones (excluding diaryl/α,β-unsaturated/α-hetero) is 1. The van der Waals surface area contributed by atoms with Gasteiger partial charge in [0.25, 0.3) is 0 Å². The summed E-state index contributed by atoms with van der Waals surface area (Å²) in [5, 5.41) is 10.7. The van der Waals surface area contributed by atoms with Crippen LogP contribution in [0.4, 0.5) is 0 Å². The maximum atomic E-state index is 12.9. The van der Waals surface area contributed by atoms with Crippen LogP contribution in [0.2, 0.25) is 0 Å². The summed E-state index contributed by atoms with van der Waals surface area (Å²) in [6.45, 7) is 4.15. The summed E-state index contributed by atoms with van der Waals surface area (Å²) < 4.78 is 6.42. The second-order valence-electron chi connectivity index (χ2n) is 10.1. The molecule has 3 aromatic rings. The number of para-hydroxylation sites is 1. The van der Waals surface area contributed by atoms with Crippen LogP contribution in [0.25, 0.3) is 22.4 Å². The number of hydrogen-bond donors (Lipinski definition) is 1. The molecule has 7 nitrogen and oxygen atoms in total. The van der Waals surface area contributed by atoms with E-state index in [1.165, 1.54) is 6.42 Å². The van der Waals surface area contributed by atoms with Crippen molar-refractivity contribution in [3.8, 4) is 17.4 Å². The molecule has 34 heavy (non-hydrogen) atoms. The van der Waals surface area contributed by atoms with Crippen molar-refractivity contribution >= 4 is 16.7 Å². The van der Waals surface area contributed by atoms with Crippen molar-refractivity contribution in [2.24, 2.45) is 11.8 Å². The fraction of sp³-hybridized carbons (Fsp3) is 0.444. The Hall–Kier alpha value is -3.35. The summed E-state index contributed by atoms with van der Waals surface area (Å²) in [4.78, 5) is 31.9. The quantitative estimate of drug-likeness (QED) is 0.443. The molecular formula is C27H28N4O3. The molecule has 0 bridgehead atoms. The van der Waals surface area contributed by atoms with Gasteiger partial charge in [0.05, 0.1) is 17.5 Å². The molecule has 3 aliphatic rings. The maximum absolute atomic E-state index is 12.9. The van der Waals surface area contributed by atoms with Crippen LogP contribution in [-0.4, -0.2) is 36.9 Å². The number of benzene rings is 1. The van der Waals surface area contributed by atoms with Gasteiger partial charge >= 0.3 is 0 Å². The molecule has 0 aliphatic heterocycles. The Kier molecular flexibility index (Phi) is 4.90. The normalized spacial score (nSPS) is 27.8. The lowest BCUT2D eigenvalue weighted by Gasteiger charge is -2.48. The predicted molar refractivity (Wildman–Crippen MR) is 127 cm³/mol. The molecule has 1 N–H and O–H groups in total. The van der Waals surface area contributed by atoms with Gasteiger partial charge in [-0.3, -0.25) is 4.79 Å². The van der Waals surface area contributed by atoms with Gasteiger partial charge in [0.15, 0.2) is 11.6 Å². The monoisotopic (exact) mass is 456 g/mol. The Morgan fingerprint density at radius 3 is 2.74 bits per heavy atom. The molecule has 6 rings (SSSR count). The third-order valence-corrected chi connectivity index (χ3v) is 8.17. The van der Waals surface area contributed by atoms with E-state index in [4.69, 9.17) is 14.7 Å². The number of hydrogen-bond acceptors (Lipinski definition) is 7. The third kappa shape index (κ3) is 3.13. The highest BCUT2D eigenvalue weighted by Gasteiger charge is 2.52. The highest BCUT2D eigenvalue weighted by molar-refractivity contribution is 5.98. The Labute approximate surface area is 198 Å². The maximum Gasteiger partial charge on any atom is 0.220 e. The number of aliphatic hydroxyl groups excluding tert-OH is 1. The molecule has 174 valence electrons. The molecule has 0 spiro atoms. The SMILES string of the molecule is C[C@H]1C(=O)/C(=C\O)C[C@@]2(C)c3nc(-c4ncnc5ccccc45)nc(OC4CCC4)c3CC[C@H]12. The molecule has 0 unspecified atom stereocenters. The number of nitrogens with zero attached hydrogens (tertiary/aromatic N) is 4. The molecule has 1 aromatic carbocycles. The molecule has 2 heterocycles. The summed E-state index contributed by atoms with van der Waals surface area (Å²) in [5.41, 5.74) is 3.52. The zero-order valence-electron chi connectivity index (χ0n) is 19.5. The van der Waals surface area contributed by atoms with Crippen molar-refractivity contribution in [3.63, 3.8) is 0 Å². The van der Waals surface area contributed by atoms with Gasteiger partial charge < -0.3 is 9.84 Å². The molecule has 3 aliphatic carbocycles. The van der Waals surface area contributed by atoms with Crippen molar-refractivity contribution in [1.82, 2.24) is 19.9 Å². The van der Waals surface area contributed by atoms with Crippen LogP contribution >= 0.6 is 0 Å². The number of ketones is 1. The van der Waals surface area contributed by atoms with Crippen LogP contribution in [0, 0.1) is 11.8 Å². The fourth-order valence-electron chi connectivity index (χ4n) is 6.07. The van der Waals surface area contributed by atoms with Crippen LogP contribution in [0.1, 0.15) is 57.2 Å². The van der Waals surface area contributed by atoms with Crippen LogP contribution in [0.5, 0.6) is 5.88 Å². The average molecular weight is 457 g/mol. The molecule has 2 aromatic heterocycles. The van der Waals surface area contributed by atoms with Crippen molar-refractivity contribution in [2.75, 3.05) is 0 Å². The van der Waals surface area contributed by atoms with Crippen molar-refractivity contribution in [1.29, 1.82) is 0 Å². The molecule has 7 heteroatoms. The minimum absolute atomic E-state index is 0.0374. The Morgan fingerprint density at radius 2 is 1.97 bits per heavy atom. The van der Waals surface area contributed by atoms with E-state index in [2.05, 4.69) is 16.9 Å². The highest BCUT2D eigenvalue weighted by Crippen LogP contribution is 2.53. The van der Waals surface area contributed by atoms with Crippen molar-refractivity contribution in [3.05, 3.63) is 53.7 Å². The Bertz CT molecular complexity index is 1330. The lowest BCUT2D eigenvalue weighted by molar-refractivity contribution is -0.124. The minimum atomic E-state index is -0.409. The number of ether oxygens (including phenoxy) is 1. The van der Waals surface area contributed by atoms with Gasteiger partial charge in [-0.15, -0.1) is 0 Å². The molecular weight excluding hydrogens is 428 g/mol. The van der Waals surface area contributed by atoms with E-state index in [0.29, 0.717) is 29.4 Å². The van der Waals surface area contributed by atoms with E-state index < -0.39 is 5.41 Å². The summed E-state index contributed by atoms with van der Waals surface area (Å²) in [5.74, 6) is 1.16. The van der Waals surface area contributed by atoms with Gasteiger partial charge in [-0.05, 0) is 50.5 Å². The number of carbonyl (C=O) groups excluding carboxylic acids is 1. The molecule has 2 saturated carbocycles. The van der Waals surface area contributed by atoms with Crippen molar-refractivity contribution < 1.29 is 14.6 Å². The van der Waals surface area contributed by atoms with Gasteiger partial charge in [0.1, 0.15) is 18.1 Å². The van der Waals surface area contributed by atoms with E-state index in [0.717, 1.165) is 54.1 Å². The third-order valence-electron chi connectivity index (χ3n) is 8.17. The number of allylic oxidation sites excluding steroid dienone is 1. The number of aliphatic hydroxyl groups is 1. The minimum Gasteiger partial charge on any atom is -0.515 e. The van der Waals surface area contributed by atoms with Gasteiger partial charge in [-0.25, -0.2) is 15.0 Å². The second kappa shape index (κ2) is 7.86. The van der Waals surface area contributed by atoms with E-state index >= 15 is 0 Å². The smallest absolute Gasteiger partial charge is 0.220 e. The summed E-state index contributed by atoms with van der Waals surface area (Å²) in [6.07, 6.45) is 8.05. The number of aromatic nitrogens is 4. The fourth-order valence-corrected chi connectivity index (χ4v) is 6.07. The zero-order valence-corrected chi connectivity index (χ0v) is 19.5. The summed E-state index contributed by atoms with van der Waals surface area (Å²) in [6, 6.07) is 7.85. The first kappa shape index (κ1) is 21.2. The Balaban J connectivity index is 1.57. The van der Waals surface area contributed by atoms with Crippen molar-refractivity contribution in [2.45, 2.75) is 63.9 Å². The molecule has 0 amide bonds. The van der Waals surface area contributed by atoms with Gasteiger partial charge in [0, 0.05) is 27.9 Å². The van der Waals surface area contributed by atoms with Crippen LogP contribution in [0.3, 0.4) is 0 Å². The van der Waals surface area contributed by atoms with E-state index in [1.54, 1.807) is 6.33 Å². The molecule has 2 fully saturated rings. The summed E-state index contributed by atoms with van der Waals surface area (Å²) in [7, 11) is 0. The van der Waals surface area contributed by atoms with Crippen LogP contribution in [0.15, 0.2) is 42.4 Å². The van der Waals surface area contributed by atoms with Crippen LogP contribution in [-0.2, 0) is 16.6 Å². The highest BCUT2D eigenvalue weighted by atomic mass is 16.5. The first-order chi connectivity index (χ1) is 16.5. The molecule has 0 saturated heterocycles.